The standard InChI is InChI=1S/C17H26N6OS/c1-5-15-20-17(25-21-15)23-8-6-22(7-9-23)16(18-4)19-11-14-10-12(2)24-13(14)3/h10H,5-9,11H2,1-4H3,(H,18,19). The maximum atomic E-state index is 5.59. The van der Waals surface area contributed by atoms with Crippen molar-refractivity contribution in [2.75, 3.05) is 38.1 Å². The van der Waals surface area contributed by atoms with Crippen molar-refractivity contribution in [2.45, 2.75) is 33.7 Å². The lowest BCUT2D eigenvalue weighted by Crippen LogP contribution is -2.52. The molecule has 1 aliphatic rings. The second-order valence-corrected chi connectivity index (χ2v) is 6.89. The number of aromatic nitrogens is 2. The van der Waals surface area contributed by atoms with Crippen molar-refractivity contribution in [3.63, 3.8) is 0 Å². The summed E-state index contributed by atoms with van der Waals surface area (Å²) in [5, 5.41) is 4.48. The van der Waals surface area contributed by atoms with Crippen molar-refractivity contribution in [1.29, 1.82) is 0 Å². The minimum Gasteiger partial charge on any atom is -0.466 e. The number of rotatable bonds is 4. The lowest BCUT2D eigenvalue weighted by Gasteiger charge is -2.36. The van der Waals surface area contributed by atoms with Crippen molar-refractivity contribution in [3.05, 3.63) is 29.0 Å². The van der Waals surface area contributed by atoms with Gasteiger partial charge >= 0.3 is 0 Å². The van der Waals surface area contributed by atoms with E-state index in [0.29, 0.717) is 0 Å². The largest absolute Gasteiger partial charge is 0.466 e. The molecular weight excluding hydrogens is 336 g/mol. The number of aliphatic imine (C=N–C) groups is 1. The van der Waals surface area contributed by atoms with Crippen LogP contribution in [0.3, 0.4) is 0 Å². The molecule has 0 unspecified atom stereocenters. The van der Waals surface area contributed by atoms with Crippen LogP contribution in [-0.2, 0) is 13.0 Å². The van der Waals surface area contributed by atoms with Crippen molar-refractivity contribution < 1.29 is 4.42 Å². The maximum Gasteiger partial charge on any atom is 0.205 e. The van der Waals surface area contributed by atoms with E-state index in [9.17, 15) is 0 Å². The van der Waals surface area contributed by atoms with Gasteiger partial charge < -0.3 is 19.5 Å². The maximum absolute atomic E-state index is 5.59. The Bertz CT molecular complexity index is 729. The zero-order chi connectivity index (χ0) is 17.8. The molecule has 7 nitrogen and oxygen atoms in total. The Morgan fingerprint density at radius 1 is 1.32 bits per heavy atom. The van der Waals surface area contributed by atoms with Crippen LogP contribution >= 0.6 is 11.5 Å². The summed E-state index contributed by atoms with van der Waals surface area (Å²) in [6, 6.07) is 2.08. The first kappa shape index (κ1) is 17.7. The van der Waals surface area contributed by atoms with E-state index >= 15 is 0 Å². The molecule has 25 heavy (non-hydrogen) atoms. The second kappa shape index (κ2) is 7.86. The molecule has 0 atom stereocenters. The highest BCUT2D eigenvalue weighted by Crippen LogP contribution is 2.19. The van der Waals surface area contributed by atoms with Crippen LogP contribution in [0.25, 0.3) is 0 Å². The Kier molecular flexibility index (Phi) is 5.57. The molecule has 1 saturated heterocycles. The first-order valence-electron chi connectivity index (χ1n) is 8.69. The number of furan rings is 1. The summed E-state index contributed by atoms with van der Waals surface area (Å²) in [6.07, 6.45) is 0.889. The second-order valence-electron chi connectivity index (χ2n) is 6.16. The van der Waals surface area contributed by atoms with Crippen LogP contribution in [0, 0.1) is 13.8 Å². The number of nitrogens with one attached hydrogen (secondary N) is 1. The predicted octanol–water partition coefficient (Wildman–Crippen LogP) is 2.21. The number of anilines is 1. The lowest BCUT2D eigenvalue weighted by atomic mass is 10.2. The van der Waals surface area contributed by atoms with E-state index in [0.717, 1.165) is 67.6 Å². The summed E-state index contributed by atoms with van der Waals surface area (Å²) in [5.74, 6) is 3.78. The molecule has 8 heteroatoms. The van der Waals surface area contributed by atoms with E-state index in [4.69, 9.17) is 4.42 Å². The number of guanidine groups is 1. The van der Waals surface area contributed by atoms with E-state index in [-0.39, 0.29) is 0 Å². The molecule has 3 rings (SSSR count). The monoisotopic (exact) mass is 362 g/mol. The number of aryl methyl sites for hydroxylation is 3. The molecule has 3 heterocycles. The molecule has 0 amide bonds. The van der Waals surface area contributed by atoms with Gasteiger partial charge in [0, 0.05) is 63.3 Å². The fraction of sp³-hybridized carbons (Fsp3) is 0.588. The minimum absolute atomic E-state index is 0.728. The summed E-state index contributed by atoms with van der Waals surface area (Å²) in [4.78, 5) is 13.6. The van der Waals surface area contributed by atoms with Crippen molar-refractivity contribution >= 4 is 22.6 Å². The number of hydrogen-bond donors (Lipinski definition) is 1. The van der Waals surface area contributed by atoms with E-state index < -0.39 is 0 Å². The average molecular weight is 363 g/mol. The highest BCUT2D eigenvalue weighted by Gasteiger charge is 2.22. The predicted molar refractivity (Wildman–Crippen MR) is 101 cm³/mol. The minimum atomic E-state index is 0.728. The Labute approximate surface area is 152 Å². The van der Waals surface area contributed by atoms with Gasteiger partial charge in [-0.3, -0.25) is 4.99 Å². The van der Waals surface area contributed by atoms with Crippen LogP contribution in [-0.4, -0.2) is 53.4 Å². The summed E-state index contributed by atoms with van der Waals surface area (Å²) in [5.41, 5.74) is 1.18. The molecule has 0 spiro atoms. The number of hydrogen-bond acceptors (Lipinski definition) is 6. The molecule has 0 saturated carbocycles. The number of piperazine rings is 1. The van der Waals surface area contributed by atoms with Crippen LogP contribution in [0.1, 0.15) is 29.8 Å². The smallest absolute Gasteiger partial charge is 0.205 e. The van der Waals surface area contributed by atoms with Gasteiger partial charge in [0.05, 0.1) is 0 Å². The van der Waals surface area contributed by atoms with Crippen LogP contribution in [0.15, 0.2) is 15.5 Å². The van der Waals surface area contributed by atoms with Crippen LogP contribution in [0.2, 0.25) is 0 Å². The topological polar surface area (TPSA) is 69.8 Å². The fourth-order valence-corrected chi connectivity index (χ4v) is 3.79. The third kappa shape index (κ3) is 4.12. The fourth-order valence-electron chi connectivity index (χ4n) is 2.99. The first-order valence-corrected chi connectivity index (χ1v) is 9.47. The molecule has 0 aromatic carbocycles. The molecule has 2 aromatic rings. The molecule has 1 aliphatic heterocycles. The van der Waals surface area contributed by atoms with Crippen LogP contribution in [0.4, 0.5) is 5.13 Å². The third-order valence-electron chi connectivity index (χ3n) is 4.42. The third-order valence-corrected chi connectivity index (χ3v) is 5.23. The normalized spacial score (nSPS) is 15.8. The van der Waals surface area contributed by atoms with Gasteiger partial charge in [-0.05, 0) is 19.9 Å². The Morgan fingerprint density at radius 3 is 2.64 bits per heavy atom. The molecule has 0 bridgehead atoms. The highest BCUT2D eigenvalue weighted by atomic mass is 32.1. The van der Waals surface area contributed by atoms with Crippen molar-refractivity contribution in [3.8, 4) is 0 Å². The Balaban J connectivity index is 1.54. The van der Waals surface area contributed by atoms with Gasteiger partial charge in [-0.1, -0.05) is 6.92 Å². The van der Waals surface area contributed by atoms with Gasteiger partial charge in [0.1, 0.15) is 17.3 Å². The highest BCUT2D eigenvalue weighted by molar-refractivity contribution is 7.09. The zero-order valence-corrected chi connectivity index (χ0v) is 16.2. The molecule has 1 N–H and O–H groups in total. The lowest BCUT2D eigenvalue weighted by molar-refractivity contribution is 0.372. The molecule has 0 radical (unpaired) electrons. The van der Waals surface area contributed by atoms with Gasteiger partial charge in [0.15, 0.2) is 5.96 Å². The summed E-state index contributed by atoms with van der Waals surface area (Å²) >= 11 is 1.50. The summed E-state index contributed by atoms with van der Waals surface area (Å²) < 4.78 is 9.97. The Morgan fingerprint density at radius 2 is 2.08 bits per heavy atom. The van der Waals surface area contributed by atoms with Gasteiger partial charge in [0.2, 0.25) is 5.13 Å². The van der Waals surface area contributed by atoms with Crippen molar-refractivity contribution in [1.82, 2.24) is 19.6 Å². The molecule has 2 aromatic heterocycles. The van der Waals surface area contributed by atoms with Gasteiger partial charge in [0.25, 0.3) is 0 Å². The average Bonchev–Trinajstić information content (AvgIpc) is 3.22. The first-order chi connectivity index (χ1) is 12.1. The van der Waals surface area contributed by atoms with E-state index in [2.05, 4.69) is 42.5 Å². The quantitative estimate of drug-likeness (QED) is 0.664. The van der Waals surface area contributed by atoms with Crippen LogP contribution in [0.5, 0.6) is 0 Å². The SMILES string of the molecule is CCc1nsc(N2CCN(C(=NC)NCc3cc(C)oc3C)CC2)n1. The number of nitrogens with zero attached hydrogens (tertiary/aromatic N) is 5. The van der Waals surface area contributed by atoms with Gasteiger partial charge in [-0.15, -0.1) is 0 Å². The summed E-state index contributed by atoms with van der Waals surface area (Å²) in [6.45, 7) is 10.5. The van der Waals surface area contributed by atoms with Gasteiger partial charge in [-0.25, -0.2) is 4.98 Å². The van der Waals surface area contributed by atoms with Crippen molar-refractivity contribution in [2.24, 2.45) is 4.99 Å². The molecule has 1 fully saturated rings. The van der Waals surface area contributed by atoms with Crippen LogP contribution < -0.4 is 10.2 Å². The molecule has 136 valence electrons. The summed E-state index contributed by atoms with van der Waals surface area (Å²) in [7, 11) is 1.83. The Hall–Kier alpha value is -2.09. The molecule has 0 aliphatic carbocycles. The van der Waals surface area contributed by atoms with E-state index in [1.54, 1.807) is 0 Å². The van der Waals surface area contributed by atoms with E-state index in [1.165, 1.54) is 17.1 Å². The van der Waals surface area contributed by atoms with Gasteiger partial charge in [-0.2, -0.15) is 4.37 Å². The molecular formula is C17H26N6OS. The van der Waals surface area contributed by atoms with E-state index in [1.807, 2.05) is 20.9 Å². The zero-order valence-electron chi connectivity index (χ0n) is 15.4.